The SMILES string of the molecule is CC(C)(S)CCCC/C(N)=N/S(N)(=O)=O. The zero-order valence-corrected chi connectivity index (χ0v) is 10.8. The van der Waals surface area contributed by atoms with Gasteiger partial charge in [0, 0.05) is 11.2 Å². The fourth-order valence-corrected chi connectivity index (χ4v) is 1.65. The summed E-state index contributed by atoms with van der Waals surface area (Å²) >= 11 is 4.37. The lowest BCUT2D eigenvalue weighted by atomic mass is 10.0. The predicted octanol–water partition coefficient (Wildman–Crippen LogP) is 0.816. The van der Waals surface area contributed by atoms with Crippen LogP contribution in [0.1, 0.15) is 39.5 Å². The average Bonchev–Trinajstić information content (AvgIpc) is 1.92. The molecule has 0 aromatic carbocycles. The first-order valence-electron chi connectivity index (χ1n) is 4.69. The number of unbranched alkanes of at least 4 members (excludes halogenated alkanes) is 1. The zero-order chi connectivity index (χ0) is 12.1. The van der Waals surface area contributed by atoms with Gasteiger partial charge in [0.25, 0.3) is 0 Å². The van der Waals surface area contributed by atoms with Crippen molar-refractivity contribution in [1.29, 1.82) is 0 Å². The number of amidine groups is 1. The van der Waals surface area contributed by atoms with Crippen molar-refractivity contribution in [1.82, 2.24) is 0 Å². The van der Waals surface area contributed by atoms with Gasteiger partial charge in [-0.1, -0.05) is 20.3 Å². The lowest BCUT2D eigenvalue weighted by Crippen LogP contribution is -2.18. The highest BCUT2D eigenvalue weighted by Crippen LogP contribution is 2.20. The Hall–Kier alpha value is -0.270. The summed E-state index contributed by atoms with van der Waals surface area (Å²) in [6.45, 7) is 4.05. The average molecular weight is 253 g/mol. The number of thiol groups is 1. The van der Waals surface area contributed by atoms with Crippen molar-refractivity contribution in [3.8, 4) is 0 Å². The second-order valence-electron chi connectivity index (χ2n) is 4.12. The molecule has 0 unspecified atom stereocenters. The molecule has 0 aliphatic heterocycles. The Morgan fingerprint density at radius 3 is 2.33 bits per heavy atom. The van der Waals surface area contributed by atoms with E-state index in [1.54, 1.807) is 0 Å². The van der Waals surface area contributed by atoms with E-state index in [0.717, 1.165) is 19.3 Å². The largest absolute Gasteiger partial charge is 0.386 e. The van der Waals surface area contributed by atoms with E-state index in [1.165, 1.54) is 0 Å². The third kappa shape index (κ3) is 11.7. The standard InChI is InChI=1S/C8H19N3O2S2/c1-8(2,14)6-4-3-5-7(9)11-15(10,12)13/h14H,3-6H2,1-2H3,(H2,9,11)(H2,10,12,13). The molecule has 0 amide bonds. The van der Waals surface area contributed by atoms with Gasteiger partial charge < -0.3 is 5.73 Å². The van der Waals surface area contributed by atoms with Crippen LogP contribution in [0.5, 0.6) is 0 Å². The van der Waals surface area contributed by atoms with Gasteiger partial charge in [-0.3, -0.25) is 0 Å². The molecule has 0 spiro atoms. The number of nitrogens with zero attached hydrogens (tertiary/aromatic N) is 1. The van der Waals surface area contributed by atoms with Crippen LogP contribution in [0.3, 0.4) is 0 Å². The molecule has 0 aromatic rings. The summed E-state index contributed by atoms with van der Waals surface area (Å²) in [6, 6.07) is 0. The van der Waals surface area contributed by atoms with Crippen LogP contribution >= 0.6 is 12.6 Å². The van der Waals surface area contributed by atoms with Gasteiger partial charge in [0.05, 0.1) is 0 Å². The molecule has 90 valence electrons. The molecule has 0 saturated heterocycles. The van der Waals surface area contributed by atoms with E-state index >= 15 is 0 Å². The number of hydrogen-bond acceptors (Lipinski definition) is 3. The normalized spacial score (nSPS) is 14.3. The molecule has 0 aliphatic rings. The van der Waals surface area contributed by atoms with Crippen molar-refractivity contribution in [3.05, 3.63) is 0 Å². The Kier molecular flexibility index (Phi) is 5.61. The third-order valence-corrected chi connectivity index (χ3v) is 2.43. The molecule has 0 fully saturated rings. The van der Waals surface area contributed by atoms with Gasteiger partial charge in [-0.15, -0.1) is 4.40 Å². The van der Waals surface area contributed by atoms with E-state index < -0.39 is 10.2 Å². The molecule has 0 heterocycles. The molecule has 0 saturated carbocycles. The zero-order valence-electron chi connectivity index (χ0n) is 9.10. The van der Waals surface area contributed by atoms with Gasteiger partial charge in [0.15, 0.2) is 0 Å². The molecular formula is C8H19N3O2S2. The molecule has 0 atom stereocenters. The van der Waals surface area contributed by atoms with Crippen molar-refractivity contribution in [3.63, 3.8) is 0 Å². The predicted molar refractivity (Wildman–Crippen MR) is 66.3 cm³/mol. The van der Waals surface area contributed by atoms with Crippen LogP contribution < -0.4 is 10.9 Å². The van der Waals surface area contributed by atoms with Crippen LogP contribution in [0.2, 0.25) is 0 Å². The fraction of sp³-hybridized carbons (Fsp3) is 0.875. The maximum atomic E-state index is 10.5. The molecule has 0 rings (SSSR count). The monoisotopic (exact) mass is 253 g/mol. The van der Waals surface area contributed by atoms with Crippen molar-refractivity contribution < 1.29 is 8.42 Å². The van der Waals surface area contributed by atoms with E-state index in [0.29, 0.717) is 6.42 Å². The maximum Gasteiger partial charge on any atom is 0.318 e. The molecule has 0 aliphatic carbocycles. The Morgan fingerprint density at radius 1 is 1.40 bits per heavy atom. The summed E-state index contributed by atoms with van der Waals surface area (Å²) in [5.74, 6) is 0.0643. The molecule has 0 radical (unpaired) electrons. The fourth-order valence-electron chi connectivity index (χ4n) is 1.07. The van der Waals surface area contributed by atoms with Crippen LogP contribution in [0.25, 0.3) is 0 Å². The Bertz CT molecular complexity index is 317. The van der Waals surface area contributed by atoms with E-state index in [4.69, 9.17) is 10.9 Å². The van der Waals surface area contributed by atoms with Crippen LogP contribution in [-0.2, 0) is 10.2 Å². The highest BCUT2D eigenvalue weighted by molar-refractivity contribution is 7.88. The molecule has 7 heteroatoms. The molecular weight excluding hydrogens is 234 g/mol. The summed E-state index contributed by atoms with van der Waals surface area (Å²) in [4.78, 5) is 0. The van der Waals surface area contributed by atoms with Crippen molar-refractivity contribution in [2.75, 3.05) is 0 Å². The van der Waals surface area contributed by atoms with Gasteiger partial charge in [-0.25, -0.2) is 5.14 Å². The highest BCUT2D eigenvalue weighted by Gasteiger charge is 2.10. The third-order valence-electron chi connectivity index (χ3n) is 1.72. The summed E-state index contributed by atoms with van der Waals surface area (Å²) in [5, 5.41) is 4.70. The van der Waals surface area contributed by atoms with Crippen LogP contribution in [-0.4, -0.2) is 19.0 Å². The summed E-state index contributed by atoms with van der Waals surface area (Å²) in [6.07, 6.45) is 3.10. The topological polar surface area (TPSA) is 98.5 Å². The van der Waals surface area contributed by atoms with Crippen LogP contribution in [0, 0.1) is 0 Å². The van der Waals surface area contributed by atoms with E-state index in [1.807, 2.05) is 13.8 Å². The number of rotatable bonds is 6. The van der Waals surface area contributed by atoms with Crippen LogP contribution in [0.4, 0.5) is 0 Å². The molecule has 0 bridgehead atoms. The first-order chi connectivity index (χ1) is 6.60. The van der Waals surface area contributed by atoms with Gasteiger partial charge in [0.1, 0.15) is 5.84 Å². The first kappa shape index (κ1) is 14.7. The Morgan fingerprint density at radius 2 is 1.93 bits per heavy atom. The lowest BCUT2D eigenvalue weighted by Gasteiger charge is -2.16. The summed E-state index contributed by atoms with van der Waals surface area (Å²) in [7, 11) is -3.84. The van der Waals surface area contributed by atoms with E-state index in [2.05, 4.69) is 17.0 Å². The van der Waals surface area contributed by atoms with Crippen molar-refractivity contribution in [2.24, 2.45) is 15.3 Å². The molecule has 0 aromatic heterocycles. The van der Waals surface area contributed by atoms with Gasteiger partial charge in [0.2, 0.25) is 0 Å². The van der Waals surface area contributed by atoms with Gasteiger partial charge >= 0.3 is 10.2 Å². The molecule has 5 nitrogen and oxygen atoms in total. The first-order valence-corrected chi connectivity index (χ1v) is 6.65. The van der Waals surface area contributed by atoms with E-state index in [9.17, 15) is 8.42 Å². The smallest absolute Gasteiger partial charge is 0.318 e. The van der Waals surface area contributed by atoms with Crippen molar-refractivity contribution in [2.45, 2.75) is 44.3 Å². The number of nitrogens with two attached hydrogens (primary N) is 2. The second-order valence-corrected chi connectivity index (χ2v) is 6.54. The number of hydrogen-bond donors (Lipinski definition) is 3. The minimum atomic E-state index is -3.84. The van der Waals surface area contributed by atoms with Gasteiger partial charge in [-0.05, 0) is 12.8 Å². The highest BCUT2D eigenvalue weighted by atomic mass is 32.2. The minimum Gasteiger partial charge on any atom is -0.386 e. The minimum absolute atomic E-state index is 0.00809. The maximum absolute atomic E-state index is 10.5. The van der Waals surface area contributed by atoms with Crippen molar-refractivity contribution >= 4 is 28.7 Å². The van der Waals surface area contributed by atoms with Crippen LogP contribution in [0.15, 0.2) is 4.40 Å². The summed E-state index contributed by atoms with van der Waals surface area (Å²) in [5.41, 5.74) is 5.38. The molecule has 4 N–H and O–H groups in total. The summed E-state index contributed by atoms with van der Waals surface area (Å²) < 4.78 is 24.2. The lowest BCUT2D eigenvalue weighted by molar-refractivity contribution is 0.587. The Balaban J connectivity index is 3.84. The quantitative estimate of drug-likeness (QED) is 0.283. The Labute approximate surface area is 96.9 Å². The second kappa shape index (κ2) is 5.72. The van der Waals surface area contributed by atoms with Gasteiger partial charge in [-0.2, -0.15) is 21.0 Å². The van der Waals surface area contributed by atoms with E-state index in [-0.39, 0.29) is 10.6 Å². The molecule has 15 heavy (non-hydrogen) atoms.